The molecule has 0 radical (unpaired) electrons. The number of carbonyl (C=O) groups is 2. The van der Waals surface area contributed by atoms with Crippen LogP contribution in [0.3, 0.4) is 0 Å². The first-order chi connectivity index (χ1) is 26.0. The summed E-state index contributed by atoms with van der Waals surface area (Å²) < 4.78 is 40.5. The van der Waals surface area contributed by atoms with Gasteiger partial charge < -0.3 is 24.5 Å². The lowest BCUT2D eigenvalue weighted by atomic mass is 9.77. The Balaban J connectivity index is 1.46. The van der Waals surface area contributed by atoms with E-state index in [4.69, 9.17) is 9.72 Å². The lowest BCUT2D eigenvalue weighted by Crippen LogP contribution is -2.54. The molecular weight excluding hydrogens is 708 g/mol. The fraction of sp³-hybridized carbons (Fsp3) is 0.463. The largest absolute Gasteiger partial charge is 0.489 e. The molecule has 0 bridgehead atoms. The summed E-state index contributed by atoms with van der Waals surface area (Å²) in [5.41, 5.74) is 0.472. The highest BCUT2D eigenvalue weighted by molar-refractivity contribution is 5.91. The quantitative estimate of drug-likeness (QED) is 0.190. The molecule has 1 aromatic carbocycles. The molecule has 0 aliphatic carbocycles. The predicted molar refractivity (Wildman–Crippen MR) is 207 cm³/mol. The van der Waals surface area contributed by atoms with Crippen LogP contribution in [0.5, 0.6) is 5.75 Å². The fourth-order valence-corrected chi connectivity index (χ4v) is 7.88. The second-order valence-corrected chi connectivity index (χ2v) is 15.9. The number of halogens is 2. The summed E-state index contributed by atoms with van der Waals surface area (Å²) in [5, 5.41) is 9.66. The minimum Gasteiger partial charge on any atom is -0.489 e. The van der Waals surface area contributed by atoms with Gasteiger partial charge in [0.2, 0.25) is 5.91 Å². The van der Waals surface area contributed by atoms with Gasteiger partial charge in [0.15, 0.2) is 5.65 Å². The van der Waals surface area contributed by atoms with Crippen molar-refractivity contribution in [3.05, 3.63) is 82.6 Å². The second kappa shape index (κ2) is 15.4. The Kier molecular flexibility index (Phi) is 11.0. The molecule has 292 valence electrons. The Labute approximate surface area is 319 Å². The van der Waals surface area contributed by atoms with Crippen molar-refractivity contribution in [2.24, 2.45) is 11.3 Å². The molecule has 12 nitrogen and oxygen atoms in total. The van der Waals surface area contributed by atoms with Gasteiger partial charge in [0.05, 0.1) is 16.8 Å². The molecule has 14 heteroatoms. The number of fused-ring (bicyclic) bond motifs is 1. The molecule has 4 aromatic rings. The molecular formula is C41H49F2N7O5. The highest BCUT2D eigenvalue weighted by atomic mass is 19.1. The van der Waals surface area contributed by atoms with Gasteiger partial charge >= 0.3 is 11.8 Å². The zero-order chi connectivity index (χ0) is 39.9. The number of piperidine rings is 1. The maximum absolute atomic E-state index is 16.4. The van der Waals surface area contributed by atoms with Crippen LogP contribution in [-0.4, -0.2) is 91.3 Å². The van der Waals surface area contributed by atoms with Crippen LogP contribution in [0.2, 0.25) is 0 Å². The number of piperazine rings is 1. The molecule has 2 aliphatic rings. The zero-order valence-electron chi connectivity index (χ0n) is 32.5. The predicted octanol–water partition coefficient (Wildman–Crippen LogP) is 6.96. The molecule has 6 rings (SSSR count). The van der Waals surface area contributed by atoms with Gasteiger partial charge in [-0.05, 0) is 79.8 Å². The van der Waals surface area contributed by atoms with E-state index in [9.17, 15) is 19.5 Å². The van der Waals surface area contributed by atoms with Gasteiger partial charge in [0.25, 0.3) is 0 Å². The number of pyridine rings is 2. The highest BCUT2D eigenvalue weighted by Crippen LogP contribution is 2.38. The molecule has 2 aliphatic heterocycles. The summed E-state index contributed by atoms with van der Waals surface area (Å²) in [6.45, 7) is 19.1. The van der Waals surface area contributed by atoms with Gasteiger partial charge in [0.1, 0.15) is 35.0 Å². The monoisotopic (exact) mass is 757 g/mol. The zero-order valence-corrected chi connectivity index (χ0v) is 32.5. The van der Waals surface area contributed by atoms with E-state index in [0.717, 1.165) is 5.56 Å². The smallest absolute Gasteiger partial charge is 0.407 e. The van der Waals surface area contributed by atoms with Crippen molar-refractivity contribution in [1.82, 2.24) is 29.3 Å². The molecule has 1 N–H and O–H groups in total. The number of hydrogen-bond donors (Lipinski definition) is 1. The molecule has 2 fully saturated rings. The first-order valence-corrected chi connectivity index (χ1v) is 18.7. The average Bonchev–Trinajstić information content (AvgIpc) is 3.13. The first-order valence-electron chi connectivity index (χ1n) is 18.7. The van der Waals surface area contributed by atoms with Crippen LogP contribution < -0.4 is 15.3 Å². The van der Waals surface area contributed by atoms with Crippen molar-refractivity contribution in [2.75, 3.05) is 37.6 Å². The molecule has 2 amide bonds. The van der Waals surface area contributed by atoms with Crippen LogP contribution in [0, 0.1) is 29.9 Å². The van der Waals surface area contributed by atoms with Crippen molar-refractivity contribution >= 4 is 28.9 Å². The summed E-state index contributed by atoms with van der Waals surface area (Å²) >= 11 is 0. The van der Waals surface area contributed by atoms with Gasteiger partial charge in [-0.3, -0.25) is 9.78 Å². The van der Waals surface area contributed by atoms with Crippen LogP contribution in [0.25, 0.3) is 28.0 Å². The number of carbonyl (C=O) groups excluding carboxylic acids is 1. The number of rotatable bonds is 8. The van der Waals surface area contributed by atoms with E-state index in [1.165, 1.54) is 33.7 Å². The number of carboxylic acid groups (broad SMARTS) is 1. The molecule has 55 heavy (non-hydrogen) atoms. The summed E-state index contributed by atoms with van der Waals surface area (Å²) in [5.74, 6) is -1.38. The number of anilines is 1. The molecule has 1 unspecified atom stereocenters. The van der Waals surface area contributed by atoms with E-state index in [0.29, 0.717) is 56.9 Å². The van der Waals surface area contributed by atoms with Gasteiger partial charge in [-0.1, -0.05) is 41.2 Å². The lowest BCUT2D eigenvalue weighted by molar-refractivity contribution is -0.126. The van der Waals surface area contributed by atoms with Crippen LogP contribution in [-0.2, 0) is 4.79 Å². The number of ether oxygens (including phenoxy) is 1. The molecule has 2 saturated heterocycles. The van der Waals surface area contributed by atoms with Gasteiger partial charge in [0, 0.05) is 56.6 Å². The number of amides is 2. The standard InChI is InChI=1S/C41H49F2N7O5/c1-9-32(51)48-18-19-49(25(5)22-48)37-29-21-31(43)34(45-38(29)50(39(52)46-37)35-24(4)12-15-44-33(35)23(2)3)28-11-10-27(20-30(28)42)55-36(41(6,7)8)26-13-16-47(17-14-26)40(53)54/h9-12,15,20-21,23,25-26,36H,1,13-14,16-19,22H2,2-8H3,(H,53,54)/t25-,36?/m0/s1. The Morgan fingerprint density at radius 1 is 1.02 bits per heavy atom. The maximum atomic E-state index is 16.4. The summed E-state index contributed by atoms with van der Waals surface area (Å²) in [4.78, 5) is 56.8. The topological polar surface area (TPSA) is 134 Å². The van der Waals surface area contributed by atoms with Gasteiger partial charge in [-0.25, -0.2) is 27.9 Å². The molecule has 0 spiro atoms. The highest BCUT2D eigenvalue weighted by Gasteiger charge is 2.37. The number of aryl methyl sites for hydroxylation is 1. The van der Waals surface area contributed by atoms with Crippen molar-refractivity contribution in [1.29, 1.82) is 0 Å². The van der Waals surface area contributed by atoms with Gasteiger partial charge in [-0.2, -0.15) is 4.98 Å². The molecule has 3 aromatic heterocycles. The summed E-state index contributed by atoms with van der Waals surface area (Å²) in [6.07, 6.45) is 2.84. The first kappa shape index (κ1) is 39.3. The van der Waals surface area contributed by atoms with Crippen LogP contribution in [0.15, 0.2) is 54.0 Å². The number of nitrogens with zero attached hydrogens (tertiary/aromatic N) is 7. The molecule has 2 atom stereocenters. The Hall–Kier alpha value is -5.40. The summed E-state index contributed by atoms with van der Waals surface area (Å²) in [7, 11) is 0. The number of aromatic nitrogens is 4. The minimum atomic E-state index is -0.950. The number of likely N-dealkylation sites (tertiary alicyclic amines) is 1. The van der Waals surface area contributed by atoms with Crippen LogP contribution >= 0.6 is 0 Å². The Morgan fingerprint density at radius 2 is 1.73 bits per heavy atom. The van der Waals surface area contributed by atoms with Crippen molar-refractivity contribution in [2.45, 2.75) is 79.4 Å². The van der Waals surface area contributed by atoms with E-state index in [1.807, 2.05) is 53.4 Å². The van der Waals surface area contributed by atoms with Crippen molar-refractivity contribution < 1.29 is 28.2 Å². The van der Waals surface area contributed by atoms with Crippen LogP contribution in [0.4, 0.5) is 19.4 Å². The third-order valence-corrected chi connectivity index (χ3v) is 10.7. The van der Waals surface area contributed by atoms with Crippen molar-refractivity contribution in [3.8, 4) is 22.7 Å². The number of hydrogen-bond acceptors (Lipinski definition) is 8. The normalized spacial score (nSPS) is 17.5. The second-order valence-electron chi connectivity index (χ2n) is 15.9. The maximum Gasteiger partial charge on any atom is 0.407 e. The lowest BCUT2D eigenvalue weighted by Gasteiger charge is -2.41. The summed E-state index contributed by atoms with van der Waals surface area (Å²) in [6, 6.07) is 6.94. The van der Waals surface area contributed by atoms with E-state index in [-0.39, 0.29) is 69.2 Å². The molecule has 5 heterocycles. The third-order valence-electron chi connectivity index (χ3n) is 10.7. The fourth-order valence-electron chi connectivity index (χ4n) is 7.88. The Morgan fingerprint density at radius 3 is 2.33 bits per heavy atom. The van der Waals surface area contributed by atoms with E-state index >= 15 is 8.78 Å². The van der Waals surface area contributed by atoms with E-state index in [2.05, 4.69) is 16.5 Å². The van der Waals surface area contributed by atoms with Gasteiger partial charge in [-0.15, -0.1) is 0 Å². The average molecular weight is 758 g/mol. The SMILES string of the molecule is C=CC(=O)N1CCN(c2nc(=O)n(-c3c(C)ccnc3C(C)C)c3nc(-c4ccc(OC(C5CCN(C(=O)O)CC5)C(C)(C)C)cc4F)c(F)cc23)[C@@H](C)C1. The van der Waals surface area contributed by atoms with Crippen molar-refractivity contribution in [3.63, 3.8) is 0 Å². The van der Waals surface area contributed by atoms with E-state index < -0.39 is 23.4 Å². The van der Waals surface area contributed by atoms with Crippen LogP contribution in [0.1, 0.15) is 71.6 Å². The minimum absolute atomic E-state index is 0.0392. The Bertz CT molecular complexity index is 2190. The van der Waals surface area contributed by atoms with E-state index in [1.54, 1.807) is 23.2 Å². The molecule has 0 saturated carbocycles. The number of benzene rings is 1. The third kappa shape index (κ3) is 7.76.